The molecule has 0 saturated carbocycles. The Balaban J connectivity index is 1.66. The summed E-state index contributed by atoms with van der Waals surface area (Å²) in [5, 5.41) is 9.36. The Labute approximate surface area is 188 Å². The molecular formula is C24H21F2N5O2. The van der Waals surface area contributed by atoms with Crippen molar-refractivity contribution in [3.05, 3.63) is 83.2 Å². The quantitative estimate of drug-likeness (QED) is 0.339. The van der Waals surface area contributed by atoms with Crippen molar-refractivity contribution in [2.24, 2.45) is 5.10 Å². The van der Waals surface area contributed by atoms with E-state index in [1.165, 1.54) is 12.1 Å². The number of amides is 1. The molecule has 0 aliphatic heterocycles. The molecule has 2 aromatic carbocycles. The van der Waals surface area contributed by atoms with Crippen molar-refractivity contribution >= 4 is 22.7 Å². The number of para-hydroxylation sites is 1. The van der Waals surface area contributed by atoms with Crippen molar-refractivity contribution in [1.29, 1.82) is 0 Å². The summed E-state index contributed by atoms with van der Waals surface area (Å²) >= 11 is 0. The van der Waals surface area contributed by atoms with E-state index in [0.717, 1.165) is 5.69 Å². The zero-order chi connectivity index (χ0) is 23.5. The molecule has 2 heterocycles. The van der Waals surface area contributed by atoms with E-state index in [2.05, 4.69) is 25.3 Å². The monoisotopic (exact) mass is 449 g/mol. The third-order valence-corrected chi connectivity index (χ3v) is 4.99. The summed E-state index contributed by atoms with van der Waals surface area (Å²) in [5.41, 5.74) is 6.63. The van der Waals surface area contributed by atoms with Crippen LogP contribution in [0.1, 0.15) is 34.2 Å². The minimum absolute atomic E-state index is 0.0128. The third-order valence-electron chi connectivity index (χ3n) is 4.99. The van der Waals surface area contributed by atoms with Crippen molar-refractivity contribution in [3.63, 3.8) is 0 Å². The molecule has 1 N–H and O–H groups in total. The molecule has 2 aromatic heterocycles. The first-order chi connectivity index (χ1) is 15.8. The zero-order valence-electron chi connectivity index (χ0n) is 18.2. The van der Waals surface area contributed by atoms with Crippen LogP contribution >= 0.6 is 0 Å². The number of benzene rings is 2. The molecule has 9 heteroatoms. The smallest absolute Gasteiger partial charge is 0.387 e. The minimum atomic E-state index is -2.92. The van der Waals surface area contributed by atoms with Gasteiger partial charge in [-0.25, -0.2) is 15.1 Å². The van der Waals surface area contributed by atoms with E-state index in [-0.39, 0.29) is 5.75 Å². The summed E-state index contributed by atoms with van der Waals surface area (Å²) in [7, 11) is 0. The van der Waals surface area contributed by atoms with Crippen molar-refractivity contribution < 1.29 is 18.3 Å². The van der Waals surface area contributed by atoms with Gasteiger partial charge in [0.25, 0.3) is 5.91 Å². The fourth-order valence-corrected chi connectivity index (χ4v) is 3.50. The molecule has 0 bridgehead atoms. The molecule has 0 aliphatic carbocycles. The minimum Gasteiger partial charge on any atom is -0.435 e. The average molecular weight is 449 g/mol. The highest BCUT2D eigenvalue weighted by atomic mass is 19.3. The Morgan fingerprint density at radius 1 is 1.09 bits per heavy atom. The van der Waals surface area contributed by atoms with Crippen LogP contribution in [0.15, 0.2) is 65.8 Å². The number of fused-ring (bicyclic) bond motifs is 1. The molecule has 4 aromatic rings. The van der Waals surface area contributed by atoms with Crippen LogP contribution in [0.3, 0.4) is 0 Å². The number of carbonyl (C=O) groups is 1. The van der Waals surface area contributed by atoms with E-state index >= 15 is 0 Å². The number of nitrogens with zero attached hydrogens (tertiary/aromatic N) is 4. The first-order valence-electron chi connectivity index (χ1n) is 10.2. The molecule has 1 amide bonds. The maximum absolute atomic E-state index is 13.1. The van der Waals surface area contributed by atoms with Crippen LogP contribution in [0.4, 0.5) is 8.78 Å². The molecule has 0 saturated heterocycles. The summed E-state index contributed by atoms with van der Waals surface area (Å²) in [6.45, 7) is 2.36. The molecular weight excluding hydrogens is 428 g/mol. The first kappa shape index (κ1) is 22.1. The van der Waals surface area contributed by atoms with Gasteiger partial charge in [-0.05, 0) is 51.1 Å². The standard InChI is InChI=1S/C24H21F2N5O2/c1-14-12-20(21-16(3)30-31(22(21)27-14)18-9-5-4-6-10-18)23(32)29-28-15(2)17-8-7-11-19(13-17)33-24(25)26/h4-13,24H,1-3H3,(H,29,32)/b28-15-. The third kappa shape index (κ3) is 4.72. The number of carbonyl (C=O) groups excluding carboxylic acids is 1. The number of nitrogens with one attached hydrogen (secondary N) is 1. The van der Waals surface area contributed by atoms with Gasteiger partial charge in [-0.2, -0.15) is 19.0 Å². The van der Waals surface area contributed by atoms with Gasteiger partial charge in [0, 0.05) is 11.3 Å². The number of hydrogen-bond acceptors (Lipinski definition) is 5. The number of pyridine rings is 1. The summed E-state index contributed by atoms with van der Waals surface area (Å²) in [5.74, 6) is -0.417. The Morgan fingerprint density at radius 2 is 1.85 bits per heavy atom. The fourth-order valence-electron chi connectivity index (χ4n) is 3.50. The zero-order valence-corrected chi connectivity index (χ0v) is 18.2. The van der Waals surface area contributed by atoms with Crippen LogP contribution in [0, 0.1) is 13.8 Å². The molecule has 168 valence electrons. The summed E-state index contributed by atoms with van der Waals surface area (Å²) < 4.78 is 31.1. The second kappa shape index (κ2) is 9.15. The molecule has 0 atom stereocenters. The Bertz CT molecular complexity index is 1350. The predicted octanol–water partition coefficient (Wildman–Crippen LogP) is 4.79. The van der Waals surface area contributed by atoms with Crippen molar-refractivity contribution in [2.45, 2.75) is 27.4 Å². The molecule has 0 unspecified atom stereocenters. The molecule has 7 nitrogen and oxygen atoms in total. The van der Waals surface area contributed by atoms with Crippen LogP contribution in [-0.4, -0.2) is 33.0 Å². The van der Waals surface area contributed by atoms with Crippen LogP contribution < -0.4 is 10.2 Å². The second-order valence-electron chi connectivity index (χ2n) is 7.39. The maximum atomic E-state index is 13.1. The number of hydrazone groups is 1. The van der Waals surface area contributed by atoms with E-state index in [4.69, 9.17) is 0 Å². The van der Waals surface area contributed by atoms with Crippen molar-refractivity contribution in [2.75, 3.05) is 0 Å². The summed E-state index contributed by atoms with van der Waals surface area (Å²) in [6, 6.07) is 17.3. The normalized spacial score (nSPS) is 11.8. The molecule has 33 heavy (non-hydrogen) atoms. The number of ether oxygens (including phenoxy) is 1. The van der Waals surface area contributed by atoms with E-state index in [1.807, 2.05) is 37.3 Å². The van der Waals surface area contributed by atoms with Crippen LogP contribution in [0.5, 0.6) is 5.75 Å². The van der Waals surface area contributed by atoms with Gasteiger partial charge in [0.1, 0.15) is 5.75 Å². The highest BCUT2D eigenvalue weighted by Crippen LogP contribution is 2.25. The van der Waals surface area contributed by atoms with Gasteiger partial charge >= 0.3 is 6.61 Å². The lowest BCUT2D eigenvalue weighted by atomic mass is 10.1. The Kier molecular flexibility index (Phi) is 6.12. The van der Waals surface area contributed by atoms with Gasteiger partial charge in [0.05, 0.1) is 28.0 Å². The largest absolute Gasteiger partial charge is 0.435 e. The Hall–Kier alpha value is -4.14. The molecule has 0 spiro atoms. The molecule has 0 aliphatic rings. The lowest BCUT2D eigenvalue weighted by molar-refractivity contribution is -0.0498. The number of alkyl halides is 2. The molecule has 0 fully saturated rings. The van der Waals surface area contributed by atoms with Crippen LogP contribution in [0.2, 0.25) is 0 Å². The van der Waals surface area contributed by atoms with E-state index < -0.39 is 12.5 Å². The van der Waals surface area contributed by atoms with Gasteiger partial charge < -0.3 is 4.74 Å². The average Bonchev–Trinajstić information content (AvgIpc) is 3.13. The first-order valence-corrected chi connectivity index (χ1v) is 10.2. The predicted molar refractivity (Wildman–Crippen MR) is 121 cm³/mol. The number of rotatable bonds is 6. The SMILES string of the molecule is C/C(=N/NC(=O)c1cc(C)nc2c1c(C)nn2-c1ccccc1)c1cccc(OC(F)F)c1. The number of halogens is 2. The Morgan fingerprint density at radius 3 is 2.58 bits per heavy atom. The number of aromatic nitrogens is 3. The highest BCUT2D eigenvalue weighted by molar-refractivity contribution is 6.07. The lowest BCUT2D eigenvalue weighted by Gasteiger charge is -2.08. The van der Waals surface area contributed by atoms with E-state index in [1.54, 1.807) is 36.7 Å². The van der Waals surface area contributed by atoms with Gasteiger partial charge in [-0.15, -0.1) is 0 Å². The van der Waals surface area contributed by atoms with Crippen LogP contribution in [0.25, 0.3) is 16.7 Å². The molecule has 4 rings (SSSR count). The van der Waals surface area contributed by atoms with Gasteiger partial charge in [-0.1, -0.05) is 30.3 Å². The van der Waals surface area contributed by atoms with E-state index in [0.29, 0.717) is 39.3 Å². The van der Waals surface area contributed by atoms with Crippen molar-refractivity contribution in [1.82, 2.24) is 20.2 Å². The van der Waals surface area contributed by atoms with E-state index in [9.17, 15) is 13.6 Å². The number of aryl methyl sites for hydroxylation is 2. The second-order valence-corrected chi connectivity index (χ2v) is 7.39. The van der Waals surface area contributed by atoms with Gasteiger partial charge in [0.15, 0.2) is 5.65 Å². The highest BCUT2D eigenvalue weighted by Gasteiger charge is 2.19. The lowest BCUT2D eigenvalue weighted by Crippen LogP contribution is -2.20. The van der Waals surface area contributed by atoms with Crippen molar-refractivity contribution in [3.8, 4) is 11.4 Å². The molecule has 0 radical (unpaired) electrons. The van der Waals surface area contributed by atoms with Gasteiger partial charge in [-0.3, -0.25) is 4.79 Å². The summed E-state index contributed by atoms with van der Waals surface area (Å²) in [4.78, 5) is 17.7. The fraction of sp³-hybridized carbons (Fsp3) is 0.167. The van der Waals surface area contributed by atoms with Gasteiger partial charge in [0.2, 0.25) is 0 Å². The summed E-state index contributed by atoms with van der Waals surface area (Å²) in [6.07, 6.45) is 0. The maximum Gasteiger partial charge on any atom is 0.387 e. The number of hydrogen-bond donors (Lipinski definition) is 1. The van der Waals surface area contributed by atoms with Crippen LogP contribution in [-0.2, 0) is 0 Å². The topological polar surface area (TPSA) is 81.4 Å².